The summed E-state index contributed by atoms with van der Waals surface area (Å²) in [5.74, 6) is 0.453. The van der Waals surface area contributed by atoms with Gasteiger partial charge < -0.3 is 10.7 Å². The predicted octanol–water partition coefficient (Wildman–Crippen LogP) is 1.55. The number of nitrogens with one attached hydrogen (secondary N) is 1. The van der Waals surface area contributed by atoms with Crippen molar-refractivity contribution in [2.75, 3.05) is 0 Å². The zero-order valence-corrected chi connectivity index (χ0v) is 10.8. The topological polar surface area (TPSA) is 84.7 Å². The monoisotopic (exact) mass is 254 g/mol. The highest BCUT2D eigenvalue weighted by Crippen LogP contribution is 2.21. The molecular formula is C14H14N4O. The first-order chi connectivity index (χ1) is 9.10. The van der Waals surface area contributed by atoms with E-state index in [0.29, 0.717) is 16.9 Å². The molecule has 2 heterocycles. The number of aryl methyl sites for hydroxylation is 2. The van der Waals surface area contributed by atoms with Crippen LogP contribution in [0.1, 0.15) is 17.0 Å². The van der Waals surface area contributed by atoms with E-state index >= 15 is 0 Å². The largest absolute Gasteiger partial charge is 0.324 e. The summed E-state index contributed by atoms with van der Waals surface area (Å²) >= 11 is 0. The van der Waals surface area contributed by atoms with E-state index in [2.05, 4.69) is 15.0 Å². The van der Waals surface area contributed by atoms with Crippen molar-refractivity contribution in [3.05, 3.63) is 45.5 Å². The van der Waals surface area contributed by atoms with Crippen molar-refractivity contribution in [2.45, 2.75) is 20.4 Å². The normalized spacial score (nSPS) is 11.3. The highest BCUT2D eigenvalue weighted by molar-refractivity contribution is 5.92. The van der Waals surface area contributed by atoms with Gasteiger partial charge in [0.2, 0.25) is 0 Å². The second-order valence-electron chi connectivity index (χ2n) is 4.66. The molecule has 0 aliphatic rings. The number of rotatable bonds is 1. The Balaban J connectivity index is 2.49. The molecule has 0 fully saturated rings. The molecule has 2 aromatic heterocycles. The average molecular weight is 254 g/mol. The SMILES string of the molecule is Cc1ccc2cc3c(=O)[nH]c(CN)nc3nc2c1C. The van der Waals surface area contributed by atoms with Gasteiger partial charge in [0, 0.05) is 5.39 Å². The fourth-order valence-corrected chi connectivity index (χ4v) is 2.18. The van der Waals surface area contributed by atoms with Crippen molar-refractivity contribution in [1.82, 2.24) is 15.0 Å². The Morgan fingerprint density at radius 3 is 2.79 bits per heavy atom. The smallest absolute Gasteiger partial charge is 0.260 e. The van der Waals surface area contributed by atoms with Gasteiger partial charge in [0.1, 0.15) is 5.82 Å². The lowest BCUT2D eigenvalue weighted by Gasteiger charge is -2.06. The third-order valence-corrected chi connectivity index (χ3v) is 3.43. The highest BCUT2D eigenvalue weighted by atomic mass is 16.1. The first-order valence-electron chi connectivity index (χ1n) is 6.10. The molecule has 0 amide bonds. The van der Waals surface area contributed by atoms with Crippen molar-refractivity contribution < 1.29 is 0 Å². The molecule has 1 aromatic carbocycles. The van der Waals surface area contributed by atoms with E-state index < -0.39 is 0 Å². The molecule has 5 nitrogen and oxygen atoms in total. The Morgan fingerprint density at radius 2 is 2.05 bits per heavy atom. The molecule has 0 spiro atoms. The van der Waals surface area contributed by atoms with E-state index in [1.54, 1.807) is 0 Å². The van der Waals surface area contributed by atoms with Gasteiger partial charge in [-0.3, -0.25) is 4.79 Å². The number of hydrogen-bond acceptors (Lipinski definition) is 4. The summed E-state index contributed by atoms with van der Waals surface area (Å²) in [5, 5.41) is 1.44. The predicted molar refractivity (Wildman–Crippen MR) is 75.0 cm³/mol. The van der Waals surface area contributed by atoms with Gasteiger partial charge in [-0.2, -0.15) is 0 Å². The van der Waals surface area contributed by atoms with Crippen LogP contribution in [0.15, 0.2) is 23.0 Å². The van der Waals surface area contributed by atoms with E-state index in [4.69, 9.17) is 5.73 Å². The maximum atomic E-state index is 12.0. The number of nitrogens with zero attached hydrogens (tertiary/aromatic N) is 2. The van der Waals surface area contributed by atoms with Crippen molar-refractivity contribution in [3.8, 4) is 0 Å². The van der Waals surface area contributed by atoms with E-state index in [-0.39, 0.29) is 12.1 Å². The van der Waals surface area contributed by atoms with Gasteiger partial charge in [0.25, 0.3) is 5.56 Å². The van der Waals surface area contributed by atoms with Crippen molar-refractivity contribution in [3.63, 3.8) is 0 Å². The fraction of sp³-hybridized carbons (Fsp3) is 0.214. The van der Waals surface area contributed by atoms with Crippen LogP contribution in [0.25, 0.3) is 21.9 Å². The van der Waals surface area contributed by atoms with Crippen molar-refractivity contribution in [2.24, 2.45) is 5.73 Å². The third-order valence-electron chi connectivity index (χ3n) is 3.43. The zero-order chi connectivity index (χ0) is 13.6. The molecule has 3 rings (SSSR count). The molecule has 0 saturated carbocycles. The molecule has 0 aliphatic carbocycles. The van der Waals surface area contributed by atoms with Gasteiger partial charge in [-0.15, -0.1) is 0 Å². The van der Waals surface area contributed by atoms with Crippen LogP contribution in [0.5, 0.6) is 0 Å². The molecule has 3 aromatic rings. The number of hydrogen-bond donors (Lipinski definition) is 2. The number of H-pyrrole nitrogens is 1. The Bertz CT molecular complexity index is 851. The van der Waals surface area contributed by atoms with Gasteiger partial charge in [-0.05, 0) is 31.0 Å². The average Bonchev–Trinajstić information content (AvgIpc) is 2.42. The van der Waals surface area contributed by atoms with Crippen LogP contribution >= 0.6 is 0 Å². The van der Waals surface area contributed by atoms with Crippen LogP contribution < -0.4 is 11.3 Å². The summed E-state index contributed by atoms with van der Waals surface area (Å²) in [6.45, 7) is 4.25. The first kappa shape index (κ1) is 11.8. The van der Waals surface area contributed by atoms with E-state index in [9.17, 15) is 4.79 Å². The van der Waals surface area contributed by atoms with E-state index in [1.807, 2.05) is 32.0 Å². The lowest BCUT2D eigenvalue weighted by molar-refractivity contribution is 0.908. The molecule has 5 heteroatoms. The van der Waals surface area contributed by atoms with Gasteiger partial charge in [0.15, 0.2) is 5.65 Å². The minimum absolute atomic E-state index is 0.192. The minimum atomic E-state index is -0.196. The molecule has 0 atom stereocenters. The number of aromatic nitrogens is 3. The zero-order valence-electron chi connectivity index (χ0n) is 10.8. The molecule has 0 unspecified atom stereocenters. The Labute approximate surface area is 109 Å². The van der Waals surface area contributed by atoms with Crippen LogP contribution in [-0.2, 0) is 6.54 Å². The molecule has 0 saturated heterocycles. The summed E-state index contributed by atoms with van der Waals surface area (Å²) < 4.78 is 0. The number of aromatic amines is 1. The van der Waals surface area contributed by atoms with Crippen molar-refractivity contribution in [1.29, 1.82) is 0 Å². The molecule has 19 heavy (non-hydrogen) atoms. The maximum absolute atomic E-state index is 12.0. The summed E-state index contributed by atoms with van der Waals surface area (Å²) in [5.41, 5.74) is 8.93. The third kappa shape index (κ3) is 1.79. The quantitative estimate of drug-likeness (QED) is 0.645. The molecule has 0 radical (unpaired) electrons. The van der Waals surface area contributed by atoms with Gasteiger partial charge in [-0.25, -0.2) is 9.97 Å². The number of nitrogens with two attached hydrogens (primary N) is 1. The lowest BCUT2D eigenvalue weighted by Crippen LogP contribution is -2.15. The second kappa shape index (κ2) is 4.13. The first-order valence-corrected chi connectivity index (χ1v) is 6.10. The van der Waals surface area contributed by atoms with Gasteiger partial charge in [-0.1, -0.05) is 12.1 Å². The van der Waals surface area contributed by atoms with Gasteiger partial charge in [0.05, 0.1) is 17.4 Å². The standard InChI is InChI=1S/C14H14N4O/c1-7-3-4-9-5-10-13(18-12(9)8(7)2)16-11(6-15)17-14(10)19/h3-5H,6,15H2,1-2H3,(H,16,17,18,19). The number of benzene rings is 1. The summed E-state index contributed by atoms with van der Waals surface area (Å²) in [7, 11) is 0. The van der Waals surface area contributed by atoms with Crippen LogP contribution in [0.3, 0.4) is 0 Å². The van der Waals surface area contributed by atoms with Crippen LogP contribution in [0.2, 0.25) is 0 Å². The van der Waals surface area contributed by atoms with E-state index in [1.165, 1.54) is 5.56 Å². The summed E-state index contributed by atoms with van der Waals surface area (Å²) in [6.07, 6.45) is 0. The lowest BCUT2D eigenvalue weighted by atomic mass is 10.0. The molecule has 0 aliphatic heterocycles. The van der Waals surface area contributed by atoms with Crippen LogP contribution in [0.4, 0.5) is 0 Å². The Hall–Kier alpha value is -2.27. The maximum Gasteiger partial charge on any atom is 0.260 e. The van der Waals surface area contributed by atoms with Gasteiger partial charge >= 0.3 is 0 Å². The Morgan fingerprint density at radius 1 is 1.26 bits per heavy atom. The Kier molecular flexibility index (Phi) is 2.57. The van der Waals surface area contributed by atoms with Crippen molar-refractivity contribution >= 4 is 21.9 Å². The van der Waals surface area contributed by atoms with Crippen LogP contribution in [-0.4, -0.2) is 15.0 Å². The highest BCUT2D eigenvalue weighted by Gasteiger charge is 2.08. The van der Waals surface area contributed by atoms with E-state index in [0.717, 1.165) is 16.5 Å². The number of fused-ring (bicyclic) bond motifs is 2. The summed E-state index contributed by atoms with van der Waals surface area (Å²) in [4.78, 5) is 23.4. The summed E-state index contributed by atoms with van der Waals surface area (Å²) in [6, 6.07) is 5.83. The second-order valence-corrected chi connectivity index (χ2v) is 4.66. The number of pyridine rings is 1. The molecule has 3 N–H and O–H groups in total. The molecule has 96 valence electrons. The minimum Gasteiger partial charge on any atom is -0.324 e. The molecular weight excluding hydrogens is 240 g/mol. The van der Waals surface area contributed by atoms with Crippen LogP contribution in [0, 0.1) is 13.8 Å². The molecule has 0 bridgehead atoms. The fourth-order valence-electron chi connectivity index (χ4n) is 2.18.